The number of imide groups is 1. The van der Waals surface area contributed by atoms with Gasteiger partial charge in [0.15, 0.2) is 0 Å². The van der Waals surface area contributed by atoms with Crippen LogP contribution in [0.5, 0.6) is 0 Å². The summed E-state index contributed by atoms with van der Waals surface area (Å²) in [6.07, 6.45) is 1.26. The van der Waals surface area contributed by atoms with Crippen LogP contribution in [-0.2, 0) is 0 Å². The molecule has 1 heterocycles. The van der Waals surface area contributed by atoms with Crippen molar-refractivity contribution in [2.24, 2.45) is 5.73 Å². The van der Waals surface area contributed by atoms with Gasteiger partial charge < -0.3 is 10.2 Å². The van der Waals surface area contributed by atoms with Crippen molar-refractivity contribution in [1.29, 1.82) is 0 Å². The van der Waals surface area contributed by atoms with Crippen LogP contribution in [-0.4, -0.2) is 11.9 Å². The molecule has 0 aromatic carbocycles. The third-order valence-electron chi connectivity index (χ3n) is 1.23. The summed E-state index contributed by atoms with van der Waals surface area (Å²) < 4.78 is 4.85. The lowest BCUT2D eigenvalue weighted by Crippen LogP contribution is -2.34. The van der Waals surface area contributed by atoms with Crippen LogP contribution in [0.15, 0.2) is 16.7 Å². The van der Waals surface area contributed by atoms with Crippen molar-refractivity contribution < 1.29 is 14.0 Å². The van der Waals surface area contributed by atoms with Crippen molar-refractivity contribution in [3.05, 3.63) is 23.7 Å². The third-order valence-corrected chi connectivity index (χ3v) is 1.23. The topological polar surface area (TPSA) is 85.3 Å². The second-order valence-electron chi connectivity index (χ2n) is 2.26. The lowest BCUT2D eigenvalue weighted by molar-refractivity contribution is 0.0965. The van der Waals surface area contributed by atoms with Crippen LogP contribution in [0.2, 0.25) is 0 Å². The molecule has 12 heavy (non-hydrogen) atoms. The fourth-order valence-corrected chi connectivity index (χ4v) is 0.747. The fourth-order valence-electron chi connectivity index (χ4n) is 0.747. The Balaban J connectivity index is 2.72. The first-order valence-corrected chi connectivity index (χ1v) is 3.25. The second kappa shape index (κ2) is 3.08. The number of nitrogens with one attached hydrogen (secondary N) is 1. The minimum atomic E-state index is -0.876. The van der Waals surface area contributed by atoms with Crippen LogP contribution in [0.3, 0.4) is 0 Å². The summed E-state index contributed by atoms with van der Waals surface area (Å²) >= 11 is 0. The Morgan fingerprint density at radius 3 is 2.67 bits per heavy atom. The highest BCUT2D eigenvalue weighted by Crippen LogP contribution is 2.05. The van der Waals surface area contributed by atoms with Gasteiger partial charge in [0.25, 0.3) is 5.91 Å². The molecule has 1 rings (SSSR count). The zero-order chi connectivity index (χ0) is 9.14. The van der Waals surface area contributed by atoms with E-state index in [0.717, 1.165) is 0 Å². The molecular weight excluding hydrogens is 160 g/mol. The Hall–Kier alpha value is -1.78. The van der Waals surface area contributed by atoms with Gasteiger partial charge in [-0.25, -0.2) is 4.79 Å². The summed E-state index contributed by atoms with van der Waals surface area (Å²) in [5, 5.41) is 1.91. The van der Waals surface area contributed by atoms with E-state index in [4.69, 9.17) is 10.2 Å². The van der Waals surface area contributed by atoms with Gasteiger partial charge in [0.2, 0.25) is 0 Å². The van der Waals surface area contributed by atoms with Gasteiger partial charge in [-0.05, 0) is 13.0 Å². The Morgan fingerprint density at radius 2 is 2.25 bits per heavy atom. The monoisotopic (exact) mass is 168 g/mol. The molecule has 64 valence electrons. The van der Waals surface area contributed by atoms with Gasteiger partial charge in [0.1, 0.15) is 12.0 Å². The number of hydrogen-bond donors (Lipinski definition) is 2. The molecule has 0 unspecified atom stereocenters. The largest absolute Gasteiger partial charge is 0.469 e. The standard InChI is InChI=1S/C7H8N2O3/c1-4-2-5(3-12-4)6(10)9-7(8)11/h2-3H,1H3,(H3,8,9,10,11). The van der Waals surface area contributed by atoms with E-state index in [-0.39, 0.29) is 5.56 Å². The smallest absolute Gasteiger partial charge is 0.319 e. The van der Waals surface area contributed by atoms with E-state index >= 15 is 0 Å². The summed E-state index contributed by atoms with van der Waals surface area (Å²) in [4.78, 5) is 21.2. The predicted molar refractivity (Wildman–Crippen MR) is 40.5 cm³/mol. The molecule has 0 saturated heterocycles. The molecule has 0 atom stereocenters. The van der Waals surface area contributed by atoms with Crippen LogP contribution in [0.25, 0.3) is 0 Å². The molecular formula is C7H8N2O3. The van der Waals surface area contributed by atoms with Crippen LogP contribution in [0.1, 0.15) is 16.1 Å². The number of urea groups is 1. The van der Waals surface area contributed by atoms with Crippen molar-refractivity contribution in [1.82, 2.24) is 5.32 Å². The molecule has 5 heteroatoms. The summed E-state index contributed by atoms with van der Waals surface area (Å²) in [7, 11) is 0. The van der Waals surface area contributed by atoms with Gasteiger partial charge in [0, 0.05) is 0 Å². The highest BCUT2D eigenvalue weighted by molar-refractivity contribution is 6.03. The average Bonchev–Trinajstić information content (AvgIpc) is 2.34. The number of carbonyl (C=O) groups is 2. The zero-order valence-electron chi connectivity index (χ0n) is 6.46. The molecule has 0 saturated carbocycles. The fraction of sp³-hybridized carbons (Fsp3) is 0.143. The average molecular weight is 168 g/mol. The number of nitrogens with two attached hydrogens (primary N) is 1. The van der Waals surface area contributed by atoms with E-state index in [9.17, 15) is 9.59 Å². The Kier molecular flexibility index (Phi) is 2.14. The summed E-state index contributed by atoms with van der Waals surface area (Å²) in [6, 6.07) is 0.636. The Morgan fingerprint density at radius 1 is 1.58 bits per heavy atom. The minimum absolute atomic E-state index is 0.284. The van der Waals surface area contributed by atoms with Crippen molar-refractivity contribution in [2.75, 3.05) is 0 Å². The number of amides is 3. The van der Waals surface area contributed by atoms with E-state index in [1.807, 2.05) is 5.32 Å². The predicted octanol–water partition coefficient (Wildman–Crippen LogP) is 0.397. The van der Waals surface area contributed by atoms with E-state index in [2.05, 4.69) is 0 Å². The molecule has 1 aromatic heterocycles. The van der Waals surface area contributed by atoms with Crippen molar-refractivity contribution in [3.8, 4) is 0 Å². The van der Waals surface area contributed by atoms with Crippen molar-refractivity contribution >= 4 is 11.9 Å². The lowest BCUT2D eigenvalue weighted by Gasteiger charge is -1.94. The quantitative estimate of drug-likeness (QED) is 0.636. The highest BCUT2D eigenvalue weighted by Gasteiger charge is 2.09. The molecule has 0 radical (unpaired) electrons. The van der Waals surface area contributed by atoms with Gasteiger partial charge in [-0.15, -0.1) is 0 Å². The van der Waals surface area contributed by atoms with E-state index in [0.29, 0.717) is 5.76 Å². The van der Waals surface area contributed by atoms with Gasteiger partial charge in [0.05, 0.1) is 5.56 Å². The molecule has 0 bridgehead atoms. The molecule has 0 aliphatic rings. The molecule has 1 aromatic rings. The maximum absolute atomic E-state index is 11.0. The molecule has 0 aliphatic carbocycles. The lowest BCUT2D eigenvalue weighted by atomic mass is 10.3. The normalized spacial score (nSPS) is 9.42. The molecule has 3 amide bonds. The SMILES string of the molecule is Cc1cc(C(=O)NC(N)=O)co1. The second-order valence-corrected chi connectivity index (χ2v) is 2.26. The van der Waals surface area contributed by atoms with Crippen molar-refractivity contribution in [2.45, 2.75) is 6.92 Å². The van der Waals surface area contributed by atoms with Crippen LogP contribution < -0.4 is 11.1 Å². The van der Waals surface area contributed by atoms with E-state index in [1.165, 1.54) is 12.3 Å². The first-order valence-electron chi connectivity index (χ1n) is 3.25. The van der Waals surface area contributed by atoms with Gasteiger partial charge >= 0.3 is 6.03 Å². The summed E-state index contributed by atoms with van der Waals surface area (Å²) in [5.41, 5.74) is 5.02. The summed E-state index contributed by atoms with van der Waals surface area (Å²) in [5.74, 6) is 0.0453. The molecule has 0 fully saturated rings. The maximum Gasteiger partial charge on any atom is 0.319 e. The van der Waals surface area contributed by atoms with Crippen LogP contribution >= 0.6 is 0 Å². The van der Waals surface area contributed by atoms with Gasteiger partial charge in [-0.2, -0.15) is 0 Å². The first-order chi connectivity index (χ1) is 5.59. The Labute approximate surface area is 68.5 Å². The van der Waals surface area contributed by atoms with Gasteiger partial charge in [-0.3, -0.25) is 10.1 Å². The van der Waals surface area contributed by atoms with Crippen LogP contribution in [0, 0.1) is 6.92 Å². The van der Waals surface area contributed by atoms with Gasteiger partial charge in [-0.1, -0.05) is 0 Å². The summed E-state index contributed by atoms with van der Waals surface area (Å²) in [6.45, 7) is 1.70. The van der Waals surface area contributed by atoms with E-state index in [1.54, 1.807) is 6.92 Å². The Bertz CT molecular complexity index is 316. The maximum atomic E-state index is 11.0. The third kappa shape index (κ3) is 1.85. The number of primary amides is 1. The highest BCUT2D eigenvalue weighted by atomic mass is 16.3. The van der Waals surface area contributed by atoms with Crippen molar-refractivity contribution in [3.63, 3.8) is 0 Å². The number of aryl methyl sites for hydroxylation is 1. The molecule has 0 spiro atoms. The number of hydrogen-bond acceptors (Lipinski definition) is 3. The molecule has 3 N–H and O–H groups in total. The van der Waals surface area contributed by atoms with Crippen LogP contribution in [0.4, 0.5) is 4.79 Å². The molecule has 5 nitrogen and oxygen atoms in total. The number of carbonyl (C=O) groups excluding carboxylic acids is 2. The zero-order valence-corrected chi connectivity index (χ0v) is 6.46. The molecule has 0 aliphatic heterocycles. The number of furan rings is 1. The van der Waals surface area contributed by atoms with E-state index < -0.39 is 11.9 Å². The minimum Gasteiger partial charge on any atom is -0.469 e. The number of rotatable bonds is 1. The first kappa shape index (κ1) is 8.32.